The molecule has 22 heavy (non-hydrogen) atoms. The maximum Gasteiger partial charge on any atom is 0.249 e. The van der Waals surface area contributed by atoms with Crippen molar-refractivity contribution >= 4 is 22.6 Å². The summed E-state index contributed by atoms with van der Waals surface area (Å²) in [5, 5.41) is 5.69. The molecule has 3 aromatic rings. The Morgan fingerprint density at radius 1 is 1.41 bits per heavy atom. The van der Waals surface area contributed by atoms with Gasteiger partial charge in [0.05, 0.1) is 12.7 Å². The molecule has 0 N–H and O–H groups in total. The van der Waals surface area contributed by atoms with Crippen molar-refractivity contribution in [3.63, 3.8) is 0 Å². The van der Waals surface area contributed by atoms with Gasteiger partial charge in [0.15, 0.2) is 5.76 Å². The SMILES string of the molecule is CC1COC(Cn2cncn2)(c2cc3cc(Cl)ccc3o2)O1. The van der Waals surface area contributed by atoms with Gasteiger partial charge in [0, 0.05) is 10.4 Å². The van der Waals surface area contributed by atoms with Gasteiger partial charge in [0.1, 0.15) is 24.8 Å². The third kappa shape index (κ3) is 2.29. The highest BCUT2D eigenvalue weighted by Gasteiger charge is 2.45. The zero-order valence-electron chi connectivity index (χ0n) is 11.9. The fourth-order valence-electron chi connectivity index (χ4n) is 2.66. The lowest BCUT2D eigenvalue weighted by Gasteiger charge is -2.25. The van der Waals surface area contributed by atoms with E-state index in [9.17, 15) is 0 Å². The van der Waals surface area contributed by atoms with E-state index in [-0.39, 0.29) is 6.10 Å². The highest BCUT2D eigenvalue weighted by atomic mass is 35.5. The van der Waals surface area contributed by atoms with Crippen LogP contribution in [0.5, 0.6) is 0 Å². The Labute approximate surface area is 131 Å². The van der Waals surface area contributed by atoms with Gasteiger partial charge in [-0.2, -0.15) is 5.10 Å². The summed E-state index contributed by atoms with van der Waals surface area (Å²) in [5.74, 6) is -0.400. The molecule has 1 aliphatic rings. The first-order chi connectivity index (χ1) is 10.6. The Morgan fingerprint density at radius 2 is 2.32 bits per heavy atom. The quantitative estimate of drug-likeness (QED) is 0.742. The van der Waals surface area contributed by atoms with Gasteiger partial charge in [-0.3, -0.25) is 0 Å². The molecule has 114 valence electrons. The first-order valence-electron chi connectivity index (χ1n) is 6.98. The minimum atomic E-state index is -1.00. The maximum atomic E-state index is 6.03. The highest BCUT2D eigenvalue weighted by Crippen LogP contribution is 2.39. The smallest absolute Gasteiger partial charge is 0.249 e. The number of hydrogen-bond donors (Lipinski definition) is 0. The van der Waals surface area contributed by atoms with Gasteiger partial charge in [-0.25, -0.2) is 9.67 Å². The molecule has 0 radical (unpaired) electrons. The van der Waals surface area contributed by atoms with Crippen molar-refractivity contribution in [1.82, 2.24) is 14.8 Å². The van der Waals surface area contributed by atoms with Crippen LogP contribution < -0.4 is 0 Å². The highest BCUT2D eigenvalue weighted by molar-refractivity contribution is 6.31. The molecule has 0 spiro atoms. The van der Waals surface area contributed by atoms with Crippen LogP contribution >= 0.6 is 11.6 Å². The molecule has 0 aliphatic carbocycles. The van der Waals surface area contributed by atoms with E-state index in [4.69, 9.17) is 25.5 Å². The normalized spacial score (nSPS) is 25.1. The molecule has 0 bridgehead atoms. The zero-order chi connectivity index (χ0) is 15.2. The van der Waals surface area contributed by atoms with Crippen LogP contribution in [0.2, 0.25) is 5.02 Å². The molecule has 1 fully saturated rings. The van der Waals surface area contributed by atoms with Gasteiger partial charge < -0.3 is 13.9 Å². The minimum absolute atomic E-state index is 0.0275. The minimum Gasteiger partial charge on any atom is -0.455 e. The van der Waals surface area contributed by atoms with Crippen molar-refractivity contribution < 1.29 is 13.9 Å². The van der Waals surface area contributed by atoms with E-state index >= 15 is 0 Å². The molecular weight excluding hydrogens is 306 g/mol. The second kappa shape index (κ2) is 5.08. The van der Waals surface area contributed by atoms with Crippen LogP contribution in [0.25, 0.3) is 11.0 Å². The third-order valence-electron chi connectivity index (χ3n) is 3.63. The molecule has 6 nitrogen and oxygen atoms in total. The first kappa shape index (κ1) is 13.8. The number of nitrogens with zero attached hydrogens (tertiary/aromatic N) is 3. The molecule has 7 heteroatoms. The summed E-state index contributed by atoms with van der Waals surface area (Å²) in [4.78, 5) is 3.96. The van der Waals surface area contributed by atoms with Crippen LogP contribution in [0, 0.1) is 0 Å². The van der Waals surface area contributed by atoms with E-state index < -0.39 is 5.79 Å². The number of fused-ring (bicyclic) bond motifs is 1. The molecular formula is C15H14ClN3O3. The number of benzene rings is 1. The van der Waals surface area contributed by atoms with E-state index in [0.717, 1.165) is 11.0 Å². The molecule has 0 saturated carbocycles. The molecule has 1 saturated heterocycles. The topological polar surface area (TPSA) is 62.3 Å². The fourth-order valence-corrected chi connectivity index (χ4v) is 2.85. The average molecular weight is 320 g/mol. The van der Waals surface area contributed by atoms with E-state index in [0.29, 0.717) is 23.9 Å². The van der Waals surface area contributed by atoms with Crippen molar-refractivity contribution in [2.75, 3.05) is 6.61 Å². The van der Waals surface area contributed by atoms with Crippen LogP contribution in [0.1, 0.15) is 12.7 Å². The summed E-state index contributed by atoms with van der Waals surface area (Å²) in [6.45, 7) is 2.82. The summed E-state index contributed by atoms with van der Waals surface area (Å²) in [7, 11) is 0. The van der Waals surface area contributed by atoms with Crippen molar-refractivity contribution in [1.29, 1.82) is 0 Å². The maximum absolute atomic E-state index is 6.03. The van der Waals surface area contributed by atoms with Gasteiger partial charge in [0.25, 0.3) is 0 Å². The van der Waals surface area contributed by atoms with Crippen molar-refractivity contribution in [3.8, 4) is 0 Å². The van der Waals surface area contributed by atoms with Gasteiger partial charge in [-0.1, -0.05) is 11.6 Å². The van der Waals surface area contributed by atoms with Crippen LogP contribution in [0.15, 0.2) is 41.3 Å². The van der Waals surface area contributed by atoms with Crippen molar-refractivity contribution in [2.24, 2.45) is 0 Å². The van der Waals surface area contributed by atoms with Crippen LogP contribution in [0.4, 0.5) is 0 Å². The monoisotopic (exact) mass is 319 g/mol. The number of aromatic nitrogens is 3. The van der Waals surface area contributed by atoms with Gasteiger partial charge in [0.2, 0.25) is 5.79 Å². The van der Waals surface area contributed by atoms with Gasteiger partial charge in [-0.15, -0.1) is 0 Å². The lowest BCUT2D eigenvalue weighted by molar-refractivity contribution is -0.198. The predicted octanol–water partition coefficient (Wildman–Crippen LogP) is 2.97. The predicted molar refractivity (Wildman–Crippen MR) is 79.4 cm³/mol. The summed E-state index contributed by atoms with van der Waals surface area (Å²) >= 11 is 6.03. The molecule has 1 aromatic carbocycles. The van der Waals surface area contributed by atoms with E-state index in [2.05, 4.69) is 10.1 Å². The van der Waals surface area contributed by atoms with Crippen LogP contribution in [-0.4, -0.2) is 27.5 Å². The van der Waals surface area contributed by atoms with Gasteiger partial charge in [-0.05, 0) is 31.2 Å². The van der Waals surface area contributed by atoms with Crippen LogP contribution in [-0.2, 0) is 21.8 Å². The zero-order valence-corrected chi connectivity index (χ0v) is 12.7. The molecule has 0 amide bonds. The molecule has 4 rings (SSSR count). The standard InChI is InChI=1S/C15H14ClN3O3/c1-10-6-20-15(22-10,7-19-9-17-8-18-19)14-5-11-4-12(16)2-3-13(11)21-14/h2-5,8-10H,6-7H2,1H3. The number of ether oxygens (including phenoxy) is 2. The first-order valence-corrected chi connectivity index (χ1v) is 7.36. The van der Waals surface area contributed by atoms with E-state index in [1.54, 1.807) is 17.1 Å². The third-order valence-corrected chi connectivity index (χ3v) is 3.87. The molecule has 3 heterocycles. The van der Waals surface area contributed by atoms with Crippen molar-refractivity contribution in [3.05, 3.63) is 47.7 Å². The number of furan rings is 1. The molecule has 2 unspecified atom stereocenters. The summed E-state index contributed by atoms with van der Waals surface area (Å²) in [6, 6.07) is 7.38. The Balaban J connectivity index is 1.78. The Bertz CT molecular complexity index is 802. The number of rotatable bonds is 3. The van der Waals surface area contributed by atoms with Gasteiger partial charge >= 0.3 is 0 Å². The number of halogens is 1. The average Bonchev–Trinajstić information content (AvgIpc) is 3.19. The van der Waals surface area contributed by atoms with Crippen molar-refractivity contribution in [2.45, 2.75) is 25.4 Å². The number of hydrogen-bond acceptors (Lipinski definition) is 5. The van der Waals surface area contributed by atoms with E-state index in [1.165, 1.54) is 6.33 Å². The fraction of sp³-hybridized carbons (Fsp3) is 0.333. The molecule has 2 aromatic heterocycles. The lowest BCUT2D eigenvalue weighted by atomic mass is 10.2. The second-order valence-corrected chi connectivity index (χ2v) is 5.81. The largest absolute Gasteiger partial charge is 0.455 e. The lowest BCUT2D eigenvalue weighted by Crippen LogP contribution is -2.33. The Morgan fingerprint density at radius 3 is 3.05 bits per heavy atom. The summed E-state index contributed by atoms with van der Waals surface area (Å²) < 4.78 is 19.6. The second-order valence-electron chi connectivity index (χ2n) is 5.38. The Hall–Kier alpha value is -1.89. The summed E-state index contributed by atoms with van der Waals surface area (Å²) in [5.41, 5.74) is 0.740. The Kier molecular flexibility index (Phi) is 3.18. The summed E-state index contributed by atoms with van der Waals surface area (Å²) in [6.07, 6.45) is 3.07. The molecule has 2 atom stereocenters. The van der Waals surface area contributed by atoms with Crippen LogP contribution in [0.3, 0.4) is 0 Å². The van der Waals surface area contributed by atoms with E-state index in [1.807, 2.05) is 25.1 Å². The molecule has 1 aliphatic heterocycles.